The molecule has 3 rings (SSSR count). The molecule has 0 aliphatic carbocycles. The molecule has 0 spiro atoms. The maximum Gasteiger partial charge on any atom is 0.134 e. The molecule has 0 saturated carbocycles. The van der Waals surface area contributed by atoms with E-state index in [1.165, 1.54) is 0 Å². The van der Waals surface area contributed by atoms with Crippen molar-refractivity contribution in [1.29, 1.82) is 0 Å². The number of rotatable bonds is 7. The van der Waals surface area contributed by atoms with Crippen LogP contribution in [0.4, 0.5) is 11.6 Å². The Labute approximate surface area is 149 Å². The molecule has 0 amide bonds. The lowest BCUT2D eigenvalue weighted by molar-refractivity contribution is 0.185. The van der Waals surface area contributed by atoms with E-state index in [4.69, 9.17) is 4.74 Å². The number of hydrogen-bond donors (Lipinski definition) is 1. The van der Waals surface area contributed by atoms with Gasteiger partial charge in [0.15, 0.2) is 0 Å². The van der Waals surface area contributed by atoms with Crippen LogP contribution in [0.1, 0.15) is 38.4 Å². The number of nitrogens with zero attached hydrogens (tertiary/aromatic N) is 5. The Morgan fingerprint density at radius 3 is 3.00 bits per heavy atom. The van der Waals surface area contributed by atoms with E-state index in [0.717, 1.165) is 49.9 Å². The van der Waals surface area contributed by atoms with Gasteiger partial charge in [-0.15, -0.1) is 0 Å². The summed E-state index contributed by atoms with van der Waals surface area (Å²) in [6.07, 6.45) is 7.87. The second-order valence-electron chi connectivity index (χ2n) is 6.82. The zero-order chi connectivity index (χ0) is 17.6. The van der Waals surface area contributed by atoms with Gasteiger partial charge in [-0.05, 0) is 26.7 Å². The average molecular weight is 344 g/mol. The summed E-state index contributed by atoms with van der Waals surface area (Å²) in [7, 11) is 1.73. The Morgan fingerprint density at radius 2 is 2.20 bits per heavy atom. The third kappa shape index (κ3) is 4.48. The lowest BCUT2D eigenvalue weighted by Crippen LogP contribution is -2.36. The summed E-state index contributed by atoms with van der Waals surface area (Å²) in [6, 6.07) is 2.39. The number of hydrogen-bond acceptors (Lipinski definition) is 6. The number of ether oxygens (including phenoxy) is 1. The second kappa shape index (κ2) is 8.29. The van der Waals surface area contributed by atoms with Gasteiger partial charge in [0.2, 0.25) is 0 Å². The van der Waals surface area contributed by atoms with E-state index in [1.54, 1.807) is 13.4 Å². The molecule has 1 N–H and O–H groups in total. The van der Waals surface area contributed by atoms with Crippen molar-refractivity contribution in [2.45, 2.75) is 45.2 Å². The summed E-state index contributed by atoms with van der Waals surface area (Å²) in [5.74, 6) is 3.43. The molecule has 2 aromatic rings. The zero-order valence-electron chi connectivity index (χ0n) is 15.4. The first-order chi connectivity index (χ1) is 12.2. The van der Waals surface area contributed by atoms with Crippen molar-refractivity contribution in [3.05, 3.63) is 30.6 Å². The quantitative estimate of drug-likeness (QED) is 0.832. The number of anilines is 2. The van der Waals surface area contributed by atoms with Crippen molar-refractivity contribution >= 4 is 11.6 Å². The smallest absolute Gasteiger partial charge is 0.134 e. The first-order valence-electron chi connectivity index (χ1n) is 9.01. The SMILES string of the molecule is COCCn1ccnc1[C@H]1CCCN(c2cc(NC(C)C)ncn2)C1. The van der Waals surface area contributed by atoms with Crippen LogP contribution >= 0.6 is 0 Å². The van der Waals surface area contributed by atoms with Crippen LogP contribution in [0.25, 0.3) is 0 Å². The Bertz CT molecular complexity index is 671. The van der Waals surface area contributed by atoms with Gasteiger partial charge in [-0.2, -0.15) is 0 Å². The first-order valence-corrected chi connectivity index (χ1v) is 9.01. The van der Waals surface area contributed by atoms with E-state index in [0.29, 0.717) is 18.6 Å². The van der Waals surface area contributed by atoms with Crippen molar-refractivity contribution in [2.24, 2.45) is 0 Å². The summed E-state index contributed by atoms with van der Waals surface area (Å²) in [5, 5.41) is 3.35. The highest BCUT2D eigenvalue weighted by atomic mass is 16.5. The third-order valence-corrected chi connectivity index (χ3v) is 4.48. The molecule has 7 nitrogen and oxygen atoms in total. The first kappa shape index (κ1) is 17.7. The standard InChI is InChI=1S/C18H28N6O/c1-14(2)22-16-11-17(21-13-20-16)24-7-4-5-15(12-24)18-19-6-8-23(18)9-10-25-3/h6,8,11,13-15H,4-5,7,9-10,12H2,1-3H3,(H,20,21,22)/t15-/m0/s1. The molecule has 1 fully saturated rings. The summed E-state index contributed by atoms with van der Waals surface area (Å²) >= 11 is 0. The highest BCUT2D eigenvalue weighted by Crippen LogP contribution is 2.29. The molecular weight excluding hydrogens is 316 g/mol. The van der Waals surface area contributed by atoms with Crippen LogP contribution < -0.4 is 10.2 Å². The number of aromatic nitrogens is 4. The maximum atomic E-state index is 5.21. The molecule has 7 heteroatoms. The fraction of sp³-hybridized carbons (Fsp3) is 0.611. The molecule has 0 radical (unpaired) electrons. The Hall–Kier alpha value is -2.15. The largest absolute Gasteiger partial charge is 0.383 e. The van der Waals surface area contributed by atoms with Gasteiger partial charge in [0, 0.05) is 57.2 Å². The predicted molar refractivity (Wildman–Crippen MR) is 99.1 cm³/mol. The van der Waals surface area contributed by atoms with Gasteiger partial charge in [0.05, 0.1) is 6.61 Å². The zero-order valence-corrected chi connectivity index (χ0v) is 15.4. The molecule has 3 heterocycles. The van der Waals surface area contributed by atoms with E-state index >= 15 is 0 Å². The van der Waals surface area contributed by atoms with Crippen molar-refractivity contribution < 1.29 is 4.74 Å². The topological polar surface area (TPSA) is 68.1 Å². The van der Waals surface area contributed by atoms with Crippen LogP contribution in [0, 0.1) is 0 Å². The van der Waals surface area contributed by atoms with Crippen molar-refractivity contribution in [3.8, 4) is 0 Å². The van der Waals surface area contributed by atoms with E-state index in [1.807, 2.05) is 18.5 Å². The number of methoxy groups -OCH3 is 1. The summed E-state index contributed by atoms with van der Waals surface area (Å²) < 4.78 is 7.42. The number of imidazole rings is 1. The van der Waals surface area contributed by atoms with Gasteiger partial charge in [-0.3, -0.25) is 0 Å². The van der Waals surface area contributed by atoms with Crippen molar-refractivity contribution in [2.75, 3.05) is 37.0 Å². The van der Waals surface area contributed by atoms with Gasteiger partial charge >= 0.3 is 0 Å². The van der Waals surface area contributed by atoms with Gasteiger partial charge in [-0.25, -0.2) is 15.0 Å². The highest BCUT2D eigenvalue weighted by Gasteiger charge is 2.25. The molecule has 136 valence electrons. The van der Waals surface area contributed by atoms with Gasteiger partial charge in [-0.1, -0.05) is 0 Å². The molecule has 1 aliphatic rings. The van der Waals surface area contributed by atoms with Crippen LogP contribution in [-0.2, 0) is 11.3 Å². The van der Waals surface area contributed by atoms with Crippen molar-refractivity contribution in [1.82, 2.24) is 19.5 Å². The van der Waals surface area contributed by atoms with Crippen LogP contribution in [0.3, 0.4) is 0 Å². The molecule has 1 atom stereocenters. The normalized spacial score (nSPS) is 17.9. The molecule has 0 unspecified atom stereocenters. The highest BCUT2D eigenvalue weighted by molar-refractivity contribution is 5.49. The Morgan fingerprint density at radius 1 is 1.32 bits per heavy atom. The summed E-state index contributed by atoms with van der Waals surface area (Å²) in [6.45, 7) is 7.72. The summed E-state index contributed by atoms with van der Waals surface area (Å²) in [4.78, 5) is 15.8. The maximum absolute atomic E-state index is 5.21. The fourth-order valence-electron chi connectivity index (χ4n) is 3.35. The molecule has 2 aromatic heterocycles. The third-order valence-electron chi connectivity index (χ3n) is 4.48. The van der Waals surface area contributed by atoms with Crippen LogP contribution in [0.2, 0.25) is 0 Å². The number of piperidine rings is 1. The average Bonchev–Trinajstić information content (AvgIpc) is 3.08. The lowest BCUT2D eigenvalue weighted by atomic mass is 9.97. The molecule has 0 bridgehead atoms. The minimum absolute atomic E-state index is 0.352. The Balaban J connectivity index is 1.72. The molecule has 25 heavy (non-hydrogen) atoms. The van der Waals surface area contributed by atoms with Crippen LogP contribution in [0.15, 0.2) is 24.8 Å². The number of nitrogens with one attached hydrogen (secondary N) is 1. The molecular formula is C18H28N6O. The van der Waals surface area contributed by atoms with Crippen molar-refractivity contribution in [3.63, 3.8) is 0 Å². The Kier molecular flexibility index (Phi) is 5.86. The molecule has 1 aliphatic heterocycles. The van der Waals surface area contributed by atoms with Gasteiger partial charge in [0.25, 0.3) is 0 Å². The van der Waals surface area contributed by atoms with Crippen LogP contribution in [0.5, 0.6) is 0 Å². The van der Waals surface area contributed by atoms with Gasteiger partial charge < -0.3 is 19.5 Å². The minimum atomic E-state index is 0.352. The molecule has 0 aromatic carbocycles. The van der Waals surface area contributed by atoms with E-state index in [2.05, 4.69) is 43.6 Å². The monoisotopic (exact) mass is 344 g/mol. The second-order valence-corrected chi connectivity index (χ2v) is 6.82. The van der Waals surface area contributed by atoms with E-state index in [9.17, 15) is 0 Å². The van der Waals surface area contributed by atoms with Gasteiger partial charge in [0.1, 0.15) is 23.8 Å². The lowest BCUT2D eigenvalue weighted by Gasteiger charge is -2.33. The fourth-order valence-corrected chi connectivity index (χ4v) is 3.35. The predicted octanol–water partition coefficient (Wildman–Crippen LogP) is 2.52. The van der Waals surface area contributed by atoms with Crippen LogP contribution in [-0.4, -0.2) is 52.4 Å². The minimum Gasteiger partial charge on any atom is -0.383 e. The summed E-state index contributed by atoms with van der Waals surface area (Å²) in [5.41, 5.74) is 0. The van der Waals surface area contributed by atoms with E-state index in [-0.39, 0.29) is 0 Å². The van der Waals surface area contributed by atoms with E-state index < -0.39 is 0 Å². The molecule has 1 saturated heterocycles.